The number of halogens is 2. The molecule has 1 aromatic rings. The molecular formula is C11H11BrClNO3. The van der Waals surface area contributed by atoms with Crippen LogP contribution in [0.3, 0.4) is 0 Å². The lowest BCUT2D eigenvalue weighted by atomic mass is 10.0. The summed E-state index contributed by atoms with van der Waals surface area (Å²) in [6.07, 6.45) is 0. The molecule has 0 aliphatic rings. The number of benzene rings is 1. The minimum atomic E-state index is -0.573. The zero-order valence-electron chi connectivity index (χ0n) is 9.37. The van der Waals surface area contributed by atoms with Gasteiger partial charge in [-0.3, -0.25) is 0 Å². The number of rotatable bonds is 4. The van der Waals surface area contributed by atoms with E-state index in [0.29, 0.717) is 15.9 Å². The number of alkyl halides is 1. The Hall–Kier alpha value is -1.07. The van der Waals surface area contributed by atoms with Crippen molar-refractivity contribution in [3.05, 3.63) is 34.3 Å². The van der Waals surface area contributed by atoms with Gasteiger partial charge in [0.25, 0.3) is 0 Å². The maximum absolute atomic E-state index is 11.6. The van der Waals surface area contributed by atoms with Crippen molar-refractivity contribution in [3.8, 4) is 0 Å². The topological polar surface area (TPSA) is 47.9 Å². The van der Waals surface area contributed by atoms with E-state index in [0.717, 1.165) is 5.56 Å². The lowest BCUT2D eigenvalue weighted by Gasteiger charge is -2.09. The van der Waals surface area contributed by atoms with E-state index in [-0.39, 0.29) is 5.71 Å². The predicted molar refractivity (Wildman–Crippen MR) is 69.6 cm³/mol. The lowest BCUT2D eigenvalue weighted by molar-refractivity contribution is -0.132. The summed E-state index contributed by atoms with van der Waals surface area (Å²) in [4.78, 5) is 16.2. The van der Waals surface area contributed by atoms with Crippen LogP contribution >= 0.6 is 27.5 Å². The summed E-state index contributed by atoms with van der Waals surface area (Å²) in [5, 5.41) is 4.73. The number of esters is 1. The second-order valence-corrected chi connectivity index (χ2v) is 3.98. The molecule has 4 nitrogen and oxygen atoms in total. The fraction of sp³-hybridized carbons (Fsp3) is 0.273. The number of carbonyl (C=O) groups is 1. The minimum Gasteiger partial charge on any atom is -0.464 e. The van der Waals surface area contributed by atoms with E-state index < -0.39 is 5.97 Å². The molecule has 1 aromatic carbocycles. The van der Waals surface area contributed by atoms with Crippen molar-refractivity contribution in [1.29, 1.82) is 0 Å². The van der Waals surface area contributed by atoms with Crippen LogP contribution in [0.1, 0.15) is 11.1 Å². The van der Waals surface area contributed by atoms with E-state index in [1.165, 1.54) is 14.2 Å². The van der Waals surface area contributed by atoms with E-state index in [1.807, 2.05) is 0 Å². The number of hydrogen-bond acceptors (Lipinski definition) is 4. The van der Waals surface area contributed by atoms with Crippen LogP contribution in [0.15, 0.2) is 23.4 Å². The van der Waals surface area contributed by atoms with Crippen molar-refractivity contribution in [3.63, 3.8) is 0 Å². The largest absolute Gasteiger partial charge is 0.464 e. The number of hydrogen-bond donors (Lipinski definition) is 0. The van der Waals surface area contributed by atoms with E-state index in [9.17, 15) is 4.79 Å². The zero-order valence-corrected chi connectivity index (χ0v) is 11.7. The van der Waals surface area contributed by atoms with Gasteiger partial charge in [0, 0.05) is 15.9 Å². The SMILES string of the molecule is CO/N=C(/C(=O)OC)c1cccc(Cl)c1CBr. The molecule has 0 radical (unpaired) electrons. The highest BCUT2D eigenvalue weighted by Gasteiger charge is 2.20. The van der Waals surface area contributed by atoms with Crippen molar-refractivity contribution in [2.24, 2.45) is 5.16 Å². The summed E-state index contributed by atoms with van der Waals surface area (Å²) < 4.78 is 4.65. The van der Waals surface area contributed by atoms with Crippen molar-refractivity contribution in [2.75, 3.05) is 14.2 Å². The van der Waals surface area contributed by atoms with Crippen LogP contribution in [0.5, 0.6) is 0 Å². The van der Waals surface area contributed by atoms with Gasteiger partial charge in [0.2, 0.25) is 0 Å². The molecule has 17 heavy (non-hydrogen) atoms. The van der Waals surface area contributed by atoms with E-state index >= 15 is 0 Å². The third-order valence-corrected chi connectivity index (χ3v) is 2.98. The highest BCUT2D eigenvalue weighted by molar-refractivity contribution is 9.08. The smallest absolute Gasteiger partial charge is 0.360 e. The van der Waals surface area contributed by atoms with Gasteiger partial charge in [-0.2, -0.15) is 0 Å². The molecular weight excluding hydrogens is 309 g/mol. The molecule has 0 atom stereocenters. The molecule has 6 heteroatoms. The third-order valence-electron chi connectivity index (χ3n) is 2.07. The first-order valence-electron chi connectivity index (χ1n) is 4.68. The maximum atomic E-state index is 11.6. The summed E-state index contributed by atoms with van der Waals surface area (Å²) in [6, 6.07) is 5.21. The molecule has 0 saturated heterocycles. The van der Waals surface area contributed by atoms with Crippen LogP contribution in [0.25, 0.3) is 0 Å². The fourth-order valence-corrected chi connectivity index (χ4v) is 2.31. The second-order valence-electron chi connectivity index (χ2n) is 3.01. The first-order valence-corrected chi connectivity index (χ1v) is 6.18. The number of nitrogens with zero attached hydrogens (tertiary/aromatic N) is 1. The predicted octanol–water partition coefficient (Wildman–Crippen LogP) is 2.76. The molecule has 0 aliphatic heterocycles. The average Bonchev–Trinajstić information content (AvgIpc) is 2.34. The van der Waals surface area contributed by atoms with Gasteiger partial charge in [0.1, 0.15) is 7.11 Å². The Morgan fingerprint density at radius 3 is 2.71 bits per heavy atom. The van der Waals surface area contributed by atoms with Gasteiger partial charge < -0.3 is 9.57 Å². The molecule has 0 heterocycles. The van der Waals surface area contributed by atoms with Crippen LogP contribution < -0.4 is 0 Å². The molecule has 0 saturated carbocycles. The normalized spacial score (nSPS) is 11.2. The van der Waals surface area contributed by atoms with Crippen molar-refractivity contribution < 1.29 is 14.4 Å². The third kappa shape index (κ3) is 3.20. The average molecular weight is 321 g/mol. The van der Waals surface area contributed by atoms with E-state index in [2.05, 4.69) is 30.7 Å². The van der Waals surface area contributed by atoms with E-state index in [1.54, 1.807) is 18.2 Å². The van der Waals surface area contributed by atoms with Gasteiger partial charge >= 0.3 is 5.97 Å². The molecule has 0 N–H and O–H groups in total. The Morgan fingerprint density at radius 1 is 1.47 bits per heavy atom. The molecule has 0 amide bonds. The lowest BCUT2D eigenvalue weighted by Crippen LogP contribution is -2.19. The minimum absolute atomic E-state index is 0.0898. The zero-order chi connectivity index (χ0) is 12.8. The van der Waals surface area contributed by atoms with Gasteiger partial charge in [0.15, 0.2) is 5.71 Å². The fourth-order valence-electron chi connectivity index (χ4n) is 1.30. The van der Waals surface area contributed by atoms with Gasteiger partial charge in [-0.1, -0.05) is 44.8 Å². The number of ether oxygens (including phenoxy) is 1. The summed E-state index contributed by atoms with van der Waals surface area (Å²) >= 11 is 9.36. The number of methoxy groups -OCH3 is 1. The van der Waals surface area contributed by atoms with Gasteiger partial charge in [-0.25, -0.2) is 4.79 Å². The van der Waals surface area contributed by atoms with Gasteiger partial charge in [-0.15, -0.1) is 0 Å². The van der Waals surface area contributed by atoms with E-state index in [4.69, 9.17) is 11.6 Å². The standard InChI is InChI=1S/C11H11BrClNO3/c1-16-11(15)10(14-17-2)7-4-3-5-9(13)8(7)6-12/h3-5H,6H2,1-2H3/b14-10+. The molecule has 0 spiro atoms. The number of oxime groups is 1. The Kier molecular flexibility index (Phi) is 5.44. The monoisotopic (exact) mass is 319 g/mol. The Labute approximate surface area is 113 Å². The van der Waals surface area contributed by atoms with Gasteiger partial charge in [0.05, 0.1) is 7.11 Å². The molecule has 0 aliphatic carbocycles. The van der Waals surface area contributed by atoms with Crippen LogP contribution in [0.4, 0.5) is 0 Å². The summed E-state index contributed by atoms with van der Waals surface area (Å²) in [7, 11) is 2.65. The summed E-state index contributed by atoms with van der Waals surface area (Å²) in [6.45, 7) is 0. The summed E-state index contributed by atoms with van der Waals surface area (Å²) in [5.74, 6) is -0.573. The summed E-state index contributed by atoms with van der Waals surface area (Å²) in [5.41, 5.74) is 1.44. The first kappa shape index (κ1) is 14.0. The maximum Gasteiger partial charge on any atom is 0.360 e. The van der Waals surface area contributed by atoms with Crippen LogP contribution in [0.2, 0.25) is 5.02 Å². The highest BCUT2D eigenvalue weighted by atomic mass is 79.9. The van der Waals surface area contributed by atoms with Gasteiger partial charge in [-0.05, 0) is 11.6 Å². The highest BCUT2D eigenvalue weighted by Crippen LogP contribution is 2.23. The Balaban J connectivity index is 3.33. The molecule has 1 rings (SSSR count). The Bertz CT molecular complexity index is 448. The quantitative estimate of drug-likeness (QED) is 0.371. The van der Waals surface area contributed by atoms with Crippen molar-refractivity contribution in [1.82, 2.24) is 0 Å². The first-order chi connectivity index (χ1) is 8.15. The molecule has 0 fully saturated rings. The van der Waals surface area contributed by atoms with Crippen molar-refractivity contribution in [2.45, 2.75) is 5.33 Å². The van der Waals surface area contributed by atoms with Crippen LogP contribution in [0, 0.1) is 0 Å². The molecule has 0 unspecified atom stereocenters. The number of carbonyl (C=O) groups excluding carboxylic acids is 1. The van der Waals surface area contributed by atoms with Crippen LogP contribution in [-0.2, 0) is 19.7 Å². The molecule has 92 valence electrons. The Morgan fingerprint density at radius 2 is 2.18 bits per heavy atom. The second kappa shape index (κ2) is 6.61. The van der Waals surface area contributed by atoms with Crippen LogP contribution in [-0.4, -0.2) is 25.9 Å². The molecule has 0 bridgehead atoms. The molecule has 0 aromatic heterocycles. The van der Waals surface area contributed by atoms with Crippen molar-refractivity contribution >= 4 is 39.2 Å².